The third kappa shape index (κ3) is 7.01. The van der Waals surface area contributed by atoms with Gasteiger partial charge < -0.3 is 9.53 Å². The van der Waals surface area contributed by atoms with Gasteiger partial charge in [0.2, 0.25) is 0 Å². The molecule has 0 saturated heterocycles. The Kier molecular flexibility index (Phi) is 7.29. The molecule has 0 aliphatic carbocycles. The van der Waals surface area contributed by atoms with E-state index in [0.29, 0.717) is 5.04 Å². The van der Waals surface area contributed by atoms with Crippen molar-refractivity contribution in [3.63, 3.8) is 0 Å². The van der Waals surface area contributed by atoms with Crippen LogP contribution in [0, 0.1) is 0 Å². The van der Waals surface area contributed by atoms with Crippen LogP contribution in [0.3, 0.4) is 0 Å². The zero-order chi connectivity index (χ0) is 13.5. The molecule has 0 bridgehead atoms. The molecule has 0 fully saturated rings. The molecule has 0 aromatic carbocycles. The second kappa shape index (κ2) is 7.34. The van der Waals surface area contributed by atoms with Crippen LogP contribution in [0.25, 0.3) is 0 Å². The van der Waals surface area contributed by atoms with Gasteiger partial charge in [-0.25, -0.2) is 0 Å². The van der Waals surface area contributed by atoms with Crippen molar-refractivity contribution in [3.05, 3.63) is 12.7 Å². The molecule has 17 heavy (non-hydrogen) atoms. The van der Waals surface area contributed by atoms with E-state index >= 15 is 0 Å². The van der Waals surface area contributed by atoms with Crippen molar-refractivity contribution in [2.24, 2.45) is 0 Å². The van der Waals surface area contributed by atoms with Gasteiger partial charge in [0.15, 0.2) is 8.32 Å². The largest absolute Gasteiger partial charge is 0.417 e. The molecule has 0 amide bonds. The Hall–Kier alpha value is -0.123. The predicted octanol–water partition coefficient (Wildman–Crippen LogP) is 4.12. The van der Waals surface area contributed by atoms with Crippen LogP contribution in [-0.2, 0) is 4.43 Å². The third-order valence-corrected chi connectivity index (χ3v) is 8.22. The van der Waals surface area contributed by atoms with Crippen molar-refractivity contribution in [2.75, 3.05) is 6.61 Å². The van der Waals surface area contributed by atoms with E-state index in [4.69, 9.17) is 4.43 Å². The molecule has 0 unspecified atom stereocenters. The van der Waals surface area contributed by atoms with Crippen LogP contribution in [0.5, 0.6) is 0 Å². The van der Waals surface area contributed by atoms with E-state index < -0.39 is 8.32 Å². The molecule has 0 spiro atoms. The summed E-state index contributed by atoms with van der Waals surface area (Å²) in [6.45, 7) is 15.8. The average Bonchev–Trinajstić information content (AvgIpc) is 2.21. The summed E-state index contributed by atoms with van der Waals surface area (Å²) in [5.41, 5.74) is 0. The molecule has 0 aromatic heterocycles. The highest BCUT2D eigenvalue weighted by Crippen LogP contribution is 2.36. The highest BCUT2D eigenvalue weighted by atomic mass is 28.4. The Morgan fingerprint density at radius 2 is 1.82 bits per heavy atom. The first-order chi connectivity index (χ1) is 7.70. The zero-order valence-corrected chi connectivity index (χ0v) is 13.3. The Morgan fingerprint density at radius 1 is 1.24 bits per heavy atom. The summed E-state index contributed by atoms with van der Waals surface area (Å²) < 4.78 is 6.08. The van der Waals surface area contributed by atoms with Gasteiger partial charge in [-0.1, -0.05) is 39.7 Å². The van der Waals surface area contributed by atoms with Crippen molar-refractivity contribution in [2.45, 2.75) is 70.7 Å². The van der Waals surface area contributed by atoms with E-state index in [1.165, 1.54) is 0 Å². The maximum Gasteiger partial charge on any atom is 0.191 e. The summed E-state index contributed by atoms with van der Waals surface area (Å²) in [5.74, 6) is 0. The van der Waals surface area contributed by atoms with E-state index in [1.54, 1.807) is 6.08 Å². The zero-order valence-electron chi connectivity index (χ0n) is 12.3. The number of unbranched alkanes of at least 4 members (excludes halogenated alkanes) is 2. The second-order valence-corrected chi connectivity index (χ2v) is 11.1. The molecule has 1 atom stereocenters. The van der Waals surface area contributed by atoms with Crippen LogP contribution in [0.2, 0.25) is 18.1 Å². The number of aliphatic hydroxyl groups excluding tert-OH is 1. The fourth-order valence-electron chi connectivity index (χ4n) is 1.29. The molecular formula is C14H30O2Si. The average molecular weight is 258 g/mol. The van der Waals surface area contributed by atoms with E-state index in [0.717, 1.165) is 32.3 Å². The summed E-state index contributed by atoms with van der Waals surface area (Å²) in [6, 6.07) is 0. The summed E-state index contributed by atoms with van der Waals surface area (Å²) in [6.07, 6.45) is 5.36. The third-order valence-electron chi connectivity index (χ3n) is 3.69. The van der Waals surface area contributed by atoms with Crippen LogP contribution >= 0.6 is 0 Å². The minimum atomic E-state index is -1.56. The Bertz CT molecular complexity index is 219. The lowest BCUT2D eigenvalue weighted by molar-refractivity contribution is 0.205. The number of hydrogen-bond acceptors (Lipinski definition) is 2. The second-order valence-electron chi connectivity index (χ2n) is 6.26. The molecular weight excluding hydrogens is 228 g/mol. The SMILES string of the molecule is C=C[C@@H](O)CCCCCO[Si](C)(C)C(C)(C)C. The van der Waals surface area contributed by atoms with Gasteiger partial charge in [0.1, 0.15) is 0 Å². The minimum absolute atomic E-state index is 0.298. The molecule has 0 aromatic rings. The summed E-state index contributed by atoms with van der Waals surface area (Å²) in [4.78, 5) is 0. The van der Waals surface area contributed by atoms with Gasteiger partial charge in [0.05, 0.1) is 6.10 Å². The molecule has 0 aliphatic heterocycles. The lowest BCUT2D eigenvalue weighted by Gasteiger charge is -2.36. The van der Waals surface area contributed by atoms with Crippen molar-refractivity contribution in [1.82, 2.24) is 0 Å². The first kappa shape index (κ1) is 16.9. The molecule has 0 radical (unpaired) electrons. The van der Waals surface area contributed by atoms with Gasteiger partial charge in [0, 0.05) is 6.61 Å². The fraction of sp³-hybridized carbons (Fsp3) is 0.857. The summed E-state index contributed by atoms with van der Waals surface area (Å²) >= 11 is 0. The molecule has 3 heteroatoms. The molecule has 0 heterocycles. The maximum atomic E-state index is 9.31. The van der Waals surface area contributed by atoms with Crippen LogP contribution in [0.4, 0.5) is 0 Å². The van der Waals surface area contributed by atoms with Gasteiger partial charge in [0.25, 0.3) is 0 Å². The summed E-state index contributed by atoms with van der Waals surface area (Å²) in [5, 5.41) is 9.61. The molecule has 102 valence electrons. The lowest BCUT2D eigenvalue weighted by atomic mass is 10.1. The highest BCUT2D eigenvalue weighted by Gasteiger charge is 2.36. The number of rotatable bonds is 8. The first-order valence-electron chi connectivity index (χ1n) is 6.65. The van der Waals surface area contributed by atoms with Crippen molar-refractivity contribution < 1.29 is 9.53 Å². The number of hydrogen-bond donors (Lipinski definition) is 1. The fourth-order valence-corrected chi connectivity index (χ4v) is 2.38. The lowest BCUT2D eigenvalue weighted by Crippen LogP contribution is -2.40. The summed E-state index contributed by atoms with van der Waals surface area (Å²) in [7, 11) is -1.56. The highest BCUT2D eigenvalue weighted by molar-refractivity contribution is 6.74. The molecule has 0 rings (SSSR count). The molecule has 0 aliphatic rings. The molecule has 0 saturated carbocycles. The van der Waals surface area contributed by atoms with Gasteiger partial charge >= 0.3 is 0 Å². The molecule has 1 N–H and O–H groups in total. The van der Waals surface area contributed by atoms with Crippen LogP contribution < -0.4 is 0 Å². The first-order valence-corrected chi connectivity index (χ1v) is 9.56. The molecule has 2 nitrogen and oxygen atoms in total. The van der Waals surface area contributed by atoms with Gasteiger partial charge in [-0.2, -0.15) is 0 Å². The van der Waals surface area contributed by atoms with Crippen LogP contribution in [0.15, 0.2) is 12.7 Å². The quantitative estimate of drug-likeness (QED) is 0.403. The minimum Gasteiger partial charge on any atom is -0.417 e. The van der Waals surface area contributed by atoms with Crippen molar-refractivity contribution in [3.8, 4) is 0 Å². The Balaban J connectivity index is 3.62. The number of aliphatic hydroxyl groups is 1. The van der Waals surface area contributed by atoms with E-state index in [2.05, 4.69) is 40.4 Å². The van der Waals surface area contributed by atoms with Crippen LogP contribution in [0.1, 0.15) is 46.5 Å². The Labute approximate surface area is 108 Å². The van der Waals surface area contributed by atoms with Gasteiger partial charge in [-0.05, 0) is 31.0 Å². The smallest absolute Gasteiger partial charge is 0.191 e. The van der Waals surface area contributed by atoms with Crippen LogP contribution in [-0.4, -0.2) is 26.1 Å². The van der Waals surface area contributed by atoms with E-state index in [-0.39, 0.29) is 6.10 Å². The van der Waals surface area contributed by atoms with Gasteiger partial charge in [-0.3, -0.25) is 0 Å². The van der Waals surface area contributed by atoms with Crippen molar-refractivity contribution >= 4 is 8.32 Å². The van der Waals surface area contributed by atoms with Crippen molar-refractivity contribution in [1.29, 1.82) is 0 Å². The normalized spacial score (nSPS) is 14.7. The van der Waals surface area contributed by atoms with Gasteiger partial charge in [-0.15, -0.1) is 6.58 Å². The topological polar surface area (TPSA) is 29.5 Å². The maximum absolute atomic E-state index is 9.31. The van der Waals surface area contributed by atoms with E-state index in [9.17, 15) is 5.11 Å². The van der Waals surface area contributed by atoms with E-state index in [1.807, 2.05) is 0 Å². The Morgan fingerprint density at radius 3 is 2.29 bits per heavy atom. The predicted molar refractivity (Wildman–Crippen MR) is 77.8 cm³/mol. The standard InChI is InChI=1S/C14H30O2Si/c1-7-13(15)11-9-8-10-12-16-17(5,6)14(2,3)4/h7,13,15H,1,8-12H2,2-6H3/t13-/m1/s1. The monoisotopic (exact) mass is 258 g/mol.